The summed E-state index contributed by atoms with van der Waals surface area (Å²) in [4.78, 5) is 13.5. The second-order valence-corrected chi connectivity index (χ2v) is 23.6. The van der Waals surface area contributed by atoms with Gasteiger partial charge in [0, 0.05) is 16.5 Å². The van der Waals surface area contributed by atoms with E-state index in [4.69, 9.17) is 18.0 Å². The van der Waals surface area contributed by atoms with Crippen molar-refractivity contribution < 1.29 is 22.8 Å². The summed E-state index contributed by atoms with van der Waals surface area (Å²) in [5.41, 5.74) is 0. The highest BCUT2D eigenvalue weighted by Crippen LogP contribution is 2.54. The van der Waals surface area contributed by atoms with Crippen molar-refractivity contribution >= 4 is 33.0 Å². The molecule has 2 aliphatic heterocycles. The van der Waals surface area contributed by atoms with Gasteiger partial charge in [0.15, 0.2) is 5.78 Å². The molecule has 0 spiro atoms. The van der Waals surface area contributed by atoms with Gasteiger partial charge in [-0.05, 0) is 28.3 Å². The van der Waals surface area contributed by atoms with Crippen LogP contribution in [0.1, 0.15) is 81.6 Å². The molecule has 0 aromatic heterocycles. The number of Topliss-reactive ketones (excluding diaryl/α,β-unsaturated/α-hetero) is 1. The molecule has 7 heteroatoms. The molecule has 2 aliphatic rings. The molecule has 2 fully saturated rings. The number of fused-ring (bicyclic) bond motifs is 1. The number of hydrogen-bond acceptors (Lipinski definition) is 5. The second-order valence-electron chi connectivity index (χ2n) is 14.6. The van der Waals surface area contributed by atoms with Crippen molar-refractivity contribution in [3.8, 4) is 0 Å². The van der Waals surface area contributed by atoms with Gasteiger partial charge < -0.3 is 18.0 Å². The molecule has 0 unspecified atom stereocenters. The van der Waals surface area contributed by atoms with Crippen molar-refractivity contribution in [2.24, 2.45) is 0 Å². The lowest BCUT2D eigenvalue weighted by atomic mass is 10.0. The number of rotatable bonds is 5. The number of carbonyl (C=O) groups is 1. The Balaban J connectivity index is 1.64. The van der Waals surface area contributed by atoms with Crippen LogP contribution in [0, 0.1) is 0 Å². The van der Waals surface area contributed by atoms with E-state index < -0.39 is 23.0 Å². The number of ether oxygens (including phenoxy) is 1. The van der Waals surface area contributed by atoms with Crippen molar-refractivity contribution in [3.05, 3.63) is 60.7 Å². The van der Waals surface area contributed by atoms with Gasteiger partial charge in [0.25, 0.3) is 8.32 Å². The average Bonchev–Trinajstić information content (AvgIpc) is 2.87. The van der Waals surface area contributed by atoms with Crippen LogP contribution in [0.15, 0.2) is 60.7 Å². The van der Waals surface area contributed by atoms with Crippen LogP contribution in [-0.2, 0) is 22.8 Å². The Kier molecular flexibility index (Phi) is 9.06. The van der Waals surface area contributed by atoms with Crippen molar-refractivity contribution in [3.63, 3.8) is 0 Å². The molecule has 0 amide bonds. The fourth-order valence-electron chi connectivity index (χ4n) is 6.93. The normalized spacial score (nSPS) is 24.6. The van der Waals surface area contributed by atoms with E-state index in [1.807, 2.05) is 12.1 Å². The van der Waals surface area contributed by atoms with Crippen molar-refractivity contribution in [2.75, 3.05) is 13.2 Å². The lowest BCUT2D eigenvalue weighted by molar-refractivity contribution is -0.163. The smallest absolute Gasteiger partial charge is 0.349 e. The summed E-state index contributed by atoms with van der Waals surface area (Å²) in [6, 6.07) is 21.1. The van der Waals surface area contributed by atoms with Gasteiger partial charge in [-0.3, -0.25) is 4.79 Å². The minimum atomic E-state index is -2.80. The summed E-state index contributed by atoms with van der Waals surface area (Å²) in [5.74, 6) is 0.108. The summed E-state index contributed by atoms with van der Waals surface area (Å²) in [7, 11) is -5.42. The van der Waals surface area contributed by atoms with Crippen LogP contribution in [-0.4, -0.2) is 54.2 Å². The summed E-state index contributed by atoms with van der Waals surface area (Å²) >= 11 is 0. The van der Waals surface area contributed by atoms with Crippen LogP contribution in [0.25, 0.3) is 0 Å². The third kappa shape index (κ3) is 5.83. The Morgan fingerprint density at radius 3 is 1.82 bits per heavy atom. The topological polar surface area (TPSA) is 54.0 Å². The van der Waals surface area contributed by atoms with Crippen LogP contribution in [0.3, 0.4) is 0 Å². The fraction of sp³-hybridized carbons (Fsp3) is 0.606. The first-order chi connectivity index (χ1) is 18.6. The van der Waals surface area contributed by atoms with Crippen LogP contribution >= 0.6 is 0 Å². The summed E-state index contributed by atoms with van der Waals surface area (Å²) < 4.78 is 27.5. The zero-order chi connectivity index (χ0) is 29.4. The largest absolute Gasteiger partial charge is 0.404 e. The monoisotopic (exact) mass is 582 g/mol. The van der Waals surface area contributed by atoms with Gasteiger partial charge in [0.05, 0.1) is 19.3 Å². The maximum Gasteiger partial charge on any atom is 0.349 e. The zero-order valence-electron chi connectivity index (χ0n) is 26.1. The third-order valence-corrected chi connectivity index (χ3v) is 18.8. The molecule has 5 nitrogen and oxygen atoms in total. The molecular weight excluding hydrogens is 533 g/mol. The molecule has 0 bridgehead atoms. The van der Waals surface area contributed by atoms with E-state index in [-0.39, 0.29) is 39.7 Å². The van der Waals surface area contributed by atoms with Gasteiger partial charge in [-0.2, -0.15) is 0 Å². The van der Waals surface area contributed by atoms with Crippen LogP contribution < -0.4 is 10.4 Å². The molecule has 2 aromatic carbocycles. The molecule has 3 atom stereocenters. The molecule has 0 aliphatic carbocycles. The van der Waals surface area contributed by atoms with Gasteiger partial charge in [0.1, 0.15) is 12.2 Å². The van der Waals surface area contributed by atoms with Gasteiger partial charge in [-0.25, -0.2) is 0 Å². The average molecular weight is 583 g/mol. The van der Waals surface area contributed by atoms with Gasteiger partial charge in [0.2, 0.25) is 0 Å². The third-order valence-electron chi connectivity index (χ3n) is 8.64. The number of benzene rings is 2. The van der Waals surface area contributed by atoms with Gasteiger partial charge in [-0.15, -0.1) is 0 Å². The number of ketones is 1. The predicted molar refractivity (Wildman–Crippen MR) is 167 cm³/mol. The minimum Gasteiger partial charge on any atom is -0.404 e. The van der Waals surface area contributed by atoms with Crippen molar-refractivity contribution in [1.82, 2.24) is 0 Å². The van der Waals surface area contributed by atoms with E-state index in [2.05, 4.69) is 111 Å². The molecule has 0 N–H and O–H groups in total. The molecular formula is C33H50O5Si2. The van der Waals surface area contributed by atoms with E-state index in [1.54, 1.807) is 0 Å². The number of hydrogen-bond donors (Lipinski definition) is 0. The summed E-state index contributed by atoms with van der Waals surface area (Å²) in [5, 5.41) is 2.02. The Morgan fingerprint density at radius 2 is 1.35 bits per heavy atom. The first-order valence-corrected chi connectivity index (χ1v) is 18.6. The first kappa shape index (κ1) is 31.3. The maximum absolute atomic E-state index is 13.5. The van der Waals surface area contributed by atoms with E-state index in [9.17, 15) is 4.79 Å². The molecule has 40 heavy (non-hydrogen) atoms. The molecule has 0 saturated carbocycles. The lowest BCUT2D eigenvalue weighted by Gasteiger charge is -2.55. The fourth-order valence-corrected chi connectivity index (χ4v) is 16.5. The molecule has 4 rings (SSSR count). The summed E-state index contributed by atoms with van der Waals surface area (Å²) in [6.45, 7) is 20.8. The second kappa shape index (κ2) is 11.6. The SMILES string of the molecule is CC(C)(C)[Si](OC[C@@H]1O[C@@H]2CO[Si](C(C)(C)C)(C(C)(C)C)O[C@H]2CCCC1=O)(c1ccccc1)c1ccccc1. The number of carbonyl (C=O) groups excluding carboxylic acids is 1. The Labute approximate surface area is 244 Å². The summed E-state index contributed by atoms with van der Waals surface area (Å²) in [6.07, 6.45) is 1.05. The lowest BCUT2D eigenvalue weighted by Crippen LogP contribution is -2.68. The van der Waals surface area contributed by atoms with Crippen molar-refractivity contribution in [2.45, 2.75) is 115 Å². The highest BCUT2D eigenvalue weighted by Gasteiger charge is 2.62. The van der Waals surface area contributed by atoms with E-state index in [0.717, 1.165) is 12.8 Å². The standard InChI is InChI=1S/C33H50O5Si2/c1-31(2,3)39(25-17-12-10-13-18-25,26-19-14-11-15-20-26)35-23-29-27(34)21-16-22-28-30(37-29)24-36-40(38-28,32(4,5)6)33(7,8)9/h10-15,17-20,28-30H,16,21-24H2,1-9H3/t28-,29-,30+/m0/s1. The Bertz CT molecular complexity index is 1080. The van der Waals surface area contributed by atoms with Crippen molar-refractivity contribution in [1.29, 1.82) is 0 Å². The molecule has 2 saturated heterocycles. The van der Waals surface area contributed by atoms with Crippen LogP contribution in [0.2, 0.25) is 15.1 Å². The van der Waals surface area contributed by atoms with Gasteiger partial charge in [-0.1, -0.05) is 123 Å². The highest BCUT2D eigenvalue weighted by molar-refractivity contribution is 6.99. The first-order valence-electron chi connectivity index (χ1n) is 14.9. The highest BCUT2D eigenvalue weighted by atomic mass is 28.4. The van der Waals surface area contributed by atoms with Gasteiger partial charge >= 0.3 is 8.56 Å². The molecule has 2 aromatic rings. The maximum atomic E-state index is 13.5. The molecule has 0 radical (unpaired) electrons. The van der Waals surface area contributed by atoms with Crippen LogP contribution in [0.5, 0.6) is 0 Å². The van der Waals surface area contributed by atoms with E-state index in [1.165, 1.54) is 10.4 Å². The quantitative estimate of drug-likeness (QED) is 0.376. The minimum absolute atomic E-state index is 0.0812. The van der Waals surface area contributed by atoms with Crippen LogP contribution in [0.4, 0.5) is 0 Å². The molecule has 220 valence electrons. The Hall–Kier alpha value is -1.62. The Morgan fingerprint density at radius 1 is 0.825 bits per heavy atom. The molecule has 2 heterocycles. The van der Waals surface area contributed by atoms with E-state index in [0.29, 0.717) is 13.0 Å². The van der Waals surface area contributed by atoms with E-state index >= 15 is 0 Å². The predicted octanol–water partition coefficient (Wildman–Crippen LogP) is 6.53. The zero-order valence-corrected chi connectivity index (χ0v) is 28.1.